The average molecular weight is 422 g/mol. The molecular formula is C23H32ClNO4. The molecule has 6 heteroatoms. The Kier molecular flexibility index (Phi) is 5.44. The van der Waals surface area contributed by atoms with Gasteiger partial charge in [-0.15, -0.1) is 0 Å². The number of aliphatic carboxylic acids is 1. The fraction of sp³-hybridized carbons (Fsp3) is 0.652. The number of piperidine rings is 1. The van der Waals surface area contributed by atoms with Crippen molar-refractivity contribution in [2.24, 2.45) is 5.41 Å². The molecule has 1 heterocycles. The van der Waals surface area contributed by atoms with Gasteiger partial charge in [-0.1, -0.05) is 17.7 Å². The van der Waals surface area contributed by atoms with Crippen LogP contribution in [0.2, 0.25) is 5.02 Å². The van der Waals surface area contributed by atoms with Crippen molar-refractivity contribution in [2.45, 2.75) is 77.7 Å². The highest BCUT2D eigenvalue weighted by Crippen LogP contribution is 2.57. The molecule has 1 saturated heterocycles. The second kappa shape index (κ2) is 7.19. The van der Waals surface area contributed by atoms with Gasteiger partial charge in [0.15, 0.2) is 0 Å². The van der Waals surface area contributed by atoms with Crippen LogP contribution in [0, 0.1) is 12.3 Å². The number of benzene rings is 1. The Labute approximate surface area is 178 Å². The number of carboxylic acids is 1. The number of carbonyl (C=O) groups excluding carboxylic acids is 1. The van der Waals surface area contributed by atoms with Crippen molar-refractivity contribution < 1.29 is 19.4 Å². The molecule has 1 aliphatic carbocycles. The first-order valence-corrected chi connectivity index (χ1v) is 10.7. The van der Waals surface area contributed by atoms with Gasteiger partial charge in [0.2, 0.25) is 0 Å². The summed E-state index contributed by atoms with van der Waals surface area (Å²) in [6, 6.07) is 4.11. The normalized spacial score (nSPS) is 21.2. The molecule has 3 rings (SSSR count). The van der Waals surface area contributed by atoms with E-state index in [1.54, 1.807) is 4.90 Å². The number of carbonyl (C=O) groups is 2. The number of hydrogen-bond donors (Lipinski definition) is 1. The monoisotopic (exact) mass is 421 g/mol. The predicted octanol–water partition coefficient (Wildman–Crippen LogP) is 5.52. The van der Waals surface area contributed by atoms with E-state index < -0.39 is 17.0 Å². The predicted molar refractivity (Wildman–Crippen MR) is 114 cm³/mol. The summed E-state index contributed by atoms with van der Waals surface area (Å²) in [5.74, 6) is -0.872. The Balaban J connectivity index is 1.91. The van der Waals surface area contributed by atoms with Crippen molar-refractivity contribution in [2.75, 3.05) is 13.1 Å². The van der Waals surface area contributed by atoms with Crippen LogP contribution in [0.15, 0.2) is 12.1 Å². The minimum atomic E-state index is -0.874. The highest BCUT2D eigenvalue weighted by Gasteiger charge is 2.52. The van der Waals surface area contributed by atoms with E-state index in [0.29, 0.717) is 18.1 Å². The Morgan fingerprint density at radius 2 is 1.76 bits per heavy atom. The number of hydrogen-bond acceptors (Lipinski definition) is 3. The van der Waals surface area contributed by atoms with Gasteiger partial charge >= 0.3 is 12.1 Å². The van der Waals surface area contributed by atoms with Crippen LogP contribution in [0.25, 0.3) is 0 Å². The van der Waals surface area contributed by atoms with E-state index in [1.165, 1.54) is 0 Å². The molecule has 1 amide bonds. The molecule has 1 N–H and O–H groups in total. The second-order valence-corrected chi connectivity index (χ2v) is 10.6. The summed E-state index contributed by atoms with van der Waals surface area (Å²) >= 11 is 6.47. The molecule has 0 aromatic heterocycles. The smallest absolute Gasteiger partial charge is 0.410 e. The Morgan fingerprint density at radius 3 is 2.28 bits per heavy atom. The van der Waals surface area contributed by atoms with Gasteiger partial charge in [0, 0.05) is 24.0 Å². The molecular weight excluding hydrogens is 390 g/mol. The van der Waals surface area contributed by atoms with Gasteiger partial charge in [0.05, 0.1) is 5.41 Å². The van der Waals surface area contributed by atoms with E-state index in [9.17, 15) is 14.7 Å². The summed E-state index contributed by atoms with van der Waals surface area (Å²) < 4.78 is 5.53. The van der Waals surface area contributed by atoms with Crippen molar-refractivity contribution in [1.82, 2.24) is 4.90 Å². The van der Waals surface area contributed by atoms with E-state index in [4.69, 9.17) is 16.3 Å². The van der Waals surface area contributed by atoms with E-state index in [-0.39, 0.29) is 17.4 Å². The minimum absolute atomic E-state index is 0.0842. The zero-order valence-corrected chi connectivity index (χ0v) is 19.0. The zero-order valence-electron chi connectivity index (χ0n) is 18.3. The molecule has 160 valence electrons. The standard InChI is InChI=1S/C23H32ClNO4/c1-14-11-15-16(12-18(14)24)23(13-17(15)22(5,6)19(26)27)7-9-25(10-8-23)20(28)29-21(2,3)4/h11-12,17H,7-10,13H2,1-6H3,(H,26,27)/t17-/m0/s1. The molecule has 1 spiro atoms. The minimum Gasteiger partial charge on any atom is -0.481 e. The maximum Gasteiger partial charge on any atom is 0.410 e. The average Bonchev–Trinajstić information content (AvgIpc) is 2.88. The quantitative estimate of drug-likeness (QED) is 0.683. The SMILES string of the molecule is Cc1cc2c(cc1Cl)C1(CCN(C(=O)OC(C)(C)C)CC1)C[C@@H]2C(C)(C)C(=O)O. The van der Waals surface area contributed by atoms with Crippen LogP contribution >= 0.6 is 11.6 Å². The lowest BCUT2D eigenvalue weighted by molar-refractivity contribution is -0.148. The van der Waals surface area contributed by atoms with Crippen molar-refractivity contribution >= 4 is 23.7 Å². The van der Waals surface area contributed by atoms with Crippen LogP contribution in [0.1, 0.15) is 76.5 Å². The summed E-state index contributed by atoms with van der Waals surface area (Å²) in [4.78, 5) is 26.3. The summed E-state index contributed by atoms with van der Waals surface area (Å²) in [6.45, 7) is 12.4. The topological polar surface area (TPSA) is 66.8 Å². The van der Waals surface area contributed by atoms with Crippen LogP contribution in [0.3, 0.4) is 0 Å². The maximum absolute atomic E-state index is 12.5. The largest absolute Gasteiger partial charge is 0.481 e. The first-order valence-electron chi connectivity index (χ1n) is 10.3. The summed E-state index contributed by atoms with van der Waals surface area (Å²) in [6.07, 6.45) is 2.05. The van der Waals surface area contributed by atoms with Crippen LogP contribution in [-0.2, 0) is 14.9 Å². The van der Waals surface area contributed by atoms with Gasteiger partial charge in [-0.3, -0.25) is 4.79 Å². The molecule has 1 aromatic carbocycles. The van der Waals surface area contributed by atoms with E-state index >= 15 is 0 Å². The molecule has 0 unspecified atom stereocenters. The number of ether oxygens (including phenoxy) is 1. The number of likely N-dealkylation sites (tertiary alicyclic amines) is 1. The molecule has 0 radical (unpaired) electrons. The van der Waals surface area contributed by atoms with Gasteiger partial charge in [-0.05, 0) is 89.0 Å². The molecule has 1 aliphatic heterocycles. The lowest BCUT2D eigenvalue weighted by atomic mass is 9.70. The molecule has 0 saturated carbocycles. The van der Waals surface area contributed by atoms with Crippen molar-refractivity contribution in [3.05, 3.63) is 33.8 Å². The molecule has 1 atom stereocenters. The van der Waals surface area contributed by atoms with Crippen molar-refractivity contribution in [3.8, 4) is 0 Å². The van der Waals surface area contributed by atoms with Crippen LogP contribution in [-0.4, -0.2) is 40.8 Å². The number of nitrogens with zero attached hydrogens (tertiary/aromatic N) is 1. The van der Waals surface area contributed by atoms with Crippen molar-refractivity contribution in [3.63, 3.8) is 0 Å². The Hall–Kier alpha value is -1.75. The van der Waals surface area contributed by atoms with Crippen LogP contribution in [0.4, 0.5) is 4.79 Å². The van der Waals surface area contributed by atoms with Crippen LogP contribution in [0.5, 0.6) is 0 Å². The summed E-state index contributed by atoms with van der Waals surface area (Å²) in [5.41, 5.74) is 1.69. The van der Waals surface area contributed by atoms with Crippen LogP contribution < -0.4 is 0 Å². The highest BCUT2D eigenvalue weighted by atomic mass is 35.5. The third-order valence-corrected chi connectivity index (χ3v) is 7.07. The lowest BCUT2D eigenvalue weighted by Gasteiger charge is -2.41. The summed E-state index contributed by atoms with van der Waals surface area (Å²) in [7, 11) is 0. The number of fused-ring (bicyclic) bond motifs is 2. The Bertz CT molecular complexity index is 832. The molecule has 2 aliphatic rings. The molecule has 29 heavy (non-hydrogen) atoms. The molecule has 5 nitrogen and oxygen atoms in total. The summed E-state index contributed by atoms with van der Waals surface area (Å²) in [5, 5.41) is 10.6. The number of amides is 1. The molecule has 0 bridgehead atoms. The van der Waals surface area contributed by atoms with E-state index in [1.807, 2.05) is 47.6 Å². The van der Waals surface area contributed by atoms with Crippen molar-refractivity contribution in [1.29, 1.82) is 0 Å². The fourth-order valence-corrected chi connectivity index (χ4v) is 4.94. The Morgan fingerprint density at radius 1 is 1.17 bits per heavy atom. The number of carboxylic acid groups (broad SMARTS) is 1. The van der Waals surface area contributed by atoms with Gasteiger partial charge in [0.1, 0.15) is 5.60 Å². The molecule has 1 fully saturated rings. The number of aryl methyl sites for hydroxylation is 1. The van der Waals surface area contributed by atoms with Gasteiger partial charge in [-0.2, -0.15) is 0 Å². The fourth-order valence-electron chi connectivity index (χ4n) is 4.77. The third kappa shape index (κ3) is 3.98. The van der Waals surface area contributed by atoms with Gasteiger partial charge < -0.3 is 14.7 Å². The first-order chi connectivity index (χ1) is 13.3. The molecule has 1 aromatic rings. The first kappa shape index (κ1) is 21.9. The van der Waals surface area contributed by atoms with E-state index in [0.717, 1.165) is 36.0 Å². The highest BCUT2D eigenvalue weighted by molar-refractivity contribution is 6.31. The number of rotatable bonds is 2. The number of halogens is 1. The van der Waals surface area contributed by atoms with Gasteiger partial charge in [-0.25, -0.2) is 4.79 Å². The van der Waals surface area contributed by atoms with Gasteiger partial charge in [0.25, 0.3) is 0 Å². The lowest BCUT2D eigenvalue weighted by Crippen LogP contribution is -2.46. The second-order valence-electron chi connectivity index (χ2n) is 10.2. The van der Waals surface area contributed by atoms with E-state index in [2.05, 4.69) is 6.07 Å². The maximum atomic E-state index is 12.5. The zero-order chi connectivity index (χ0) is 21.8. The third-order valence-electron chi connectivity index (χ3n) is 6.67.